The van der Waals surface area contributed by atoms with Crippen LogP contribution < -0.4 is 63.8 Å². The molecule has 0 aliphatic rings. The van der Waals surface area contributed by atoms with E-state index >= 15 is 0 Å². The number of methoxy groups -OCH3 is 1. The SMILES string of the molecule is COC(=O)C(C)(C)CNC(=O)C(C)(C)CNC(=O)C(C)(C)CNC(=O)C(C)(C)CNC(=O)C(C)(C)CNC(=O)C(C)(C)CNC(=O)C(C)(C)CNC(=O)C(C)(C)CNC(=O)C(C)(C)CNC(=O)C(C)(C)CNC(=O)C(C)(C)CNC(=O)C(C)(C)CNC(=O)OC(C)(C)C. The van der Waals surface area contributed by atoms with Crippen LogP contribution in [0.15, 0.2) is 0 Å². The third-order valence-electron chi connectivity index (χ3n) is 16.2. The van der Waals surface area contributed by atoms with E-state index in [1.807, 2.05) is 0 Å². The summed E-state index contributed by atoms with van der Waals surface area (Å²) in [6, 6.07) is 0. The number of ether oxygens (including phenoxy) is 2. The van der Waals surface area contributed by atoms with E-state index in [0.717, 1.165) is 0 Å². The second-order valence-corrected chi connectivity index (χ2v) is 33.5. The van der Waals surface area contributed by atoms with Gasteiger partial charge in [0.05, 0.1) is 72.1 Å². The highest BCUT2D eigenvalue weighted by Gasteiger charge is 2.42. The van der Waals surface area contributed by atoms with Crippen LogP contribution in [0.25, 0.3) is 0 Å². The van der Waals surface area contributed by atoms with Gasteiger partial charge in [-0.25, -0.2) is 4.79 Å². The lowest BCUT2D eigenvalue weighted by Gasteiger charge is -2.32. The first kappa shape index (κ1) is 85.9. The van der Waals surface area contributed by atoms with Crippen molar-refractivity contribution in [1.29, 1.82) is 0 Å². The van der Waals surface area contributed by atoms with Gasteiger partial charge < -0.3 is 73.3 Å². The first-order valence-corrected chi connectivity index (χ1v) is 31.7. The summed E-state index contributed by atoms with van der Waals surface area (Å²) in [6.07, 6.45) is -0.661. The van der Waals surface area contributed by atoms with Crippen molar-refractivity contribution in [3.8, 4) is 0 Å². The average molecular weight is 1320 g/mol. The van der Waals surface area contributed by atoms with E-state index in [9.17, 15) is 62.3 Å². The molecule has 0 unspecified atom stereocenters. The van der Waals surface area contributed by atoms with Crippen molar-refractivity contribution in [2.24, 2.45) is 65.0 Å². The van der Waals surface area contributed by atoms with Crippen molar-refractivity contribution < 1.29 is 71.8 Å². The van der Waals surface area contributed by atoms with Crippen LogP contribution in [0.2, 0.25) is 0 Å². The van der Waals surface area contributed by atoms with Gasteiger partial charge in [0.15, 0.2) is 0 Å². The molecule has 0 fully saturated rings. The zero-order valence-electron chi connectivity index (χ0n) is 61.6. The molecular weight excluding hydrogens is 1200 g/mol. The van der Waals surface area contributed by atoms with Gasteiger partial charge in [0, 0.05) is 78.5 Å². The summed E-state index contributed by atoms with van der Waals surface area (Å²) >= 11 is 0. The second kappa shape index (κ2) is 32.4. The second-order valence-electron chi connectivity index (χ2n) is 33.5. The molecule has 0 saturated heterocycles. The molecule has 534 valence electrons. The van der Waals surface area contributed by atoms with Crippen LogP contribution in [0.1, 0.15) is 187 Å². The van der Waals surface area contributed by atoms with E-state index < -0.39 is 142 Å². The highest BCUT2D eigenvalue weighted by molar-refractivity contribution is 5.91. The molecule has 0 saturated carbocycles. The van der Waals surface area contributed by atoms with Crippen LogP contribution in [-0.4, -0.2) is 168 Å². The van der Waals surface area contributed by atoms with Crippen LogP contribution in [0.4, 0.5) is 4.79 Å². The standard InChI is InChI=1S/C66H120N12O15/c1-54(2,3)93-53(91)78-39-65(24,25)51(89)76-37-63(20,21)49(87)74-35-61(16,17)47(85)72-33-59(12,13)45(83)70-31-57(8,9)43(81)68-29-55(4,5)41(79)67-30-56(6,7)42(80)69-32-58(10,11)44(82)71-34-60(14,15)46(84)73-36-62(18,19)48(86)75-38-64(22,23)50(88)77-40-66(26,27)52(90)92-28/h29-40H2,1-28H3,(H,67,79)(H,68,81)(H,69,80)(H,70,83)(H,71,82)(H,72,85)(H,73,84)(H,74,87)(H,75,86)(H,76,89)(H,77,88)(H,78,91). The monoisotopic (exact) mass is 1320 g/mol. The Hall–Kier alpha value is -7.09. The summed E-state index contributed by atoms with van der Waals surface area (Å²) < 4.78 is 10.0. The Labute approximate surface area is 553 Å². The molecule has 12 N–H and O–H groups in total. The van der Waals surface area contributed by atoms with Crippen molar-refractivity contribution in [3.63, 3.8) is 0 Å². The summed E-state index contributed by atoms with van der Waals surface area (Å²) in [5.74, 6) is -5.23. The maximum Gasteiger partial charge on any atom is 0.407 e. The van der Waals surface area contributed by atoms with Gasteiger partial charge in [-0.15, -0.1) is 0 Å². The molecule has 0 aromatic rings. The van der Waals surface area contributed by atoms with Crippen LogP contribution in [-0.2, 0) is 67.0 Å². The van der Waals surface area contributed by atoms with E-state index in [-0.39, 0.29) is 84.4 Å². The maximum absolute atomic E-state index is 13.6. The van der Waals surface area contributed by atoms with Gasteiger partial charge in [0.2, 0.25) is 65.0 Å². The normalized spacial score (nSPS) is 13.2. The number of hydrogen-bond acceptors (Lipinski definition) is 15. The minimum absolute atomic E-state index is 0.00894. The molecule has 27 heteroatoms. The third kappa shape index (κ3) is 28.2. The van der Waals surface area contributed by atoms with Gasteiger partial charge in [0.1, 0.15) is 5.60 Å². The topological polar surface area (TPSA) is 385 Å². The molecule has 0 aliphatic carbocycles. The number of esters is 1. The maximum atomic E-state index is 13.6. The van der Waals surface area contributed by atoms with Crippen molar-refractivity contribution in [2.75, 3.05) is 85.6 Å². The van der Waals surface area contributed by atoms with Gasteiger partial charge in [-0.2, -0.15) is 0 Å². The molecule has 0 bridgehead atoms. The number of alkyl carbamates (subject to hydrolysis) is 1. The van der Waals surface area contributed by atoms with Crippen LogP contribution >= 0.6 is 0 Å². The molecule has 0 heterocycles. The van der Waals surface area contributed by atoms with E-state index in [2.05, 4.69) is 63.8 Å². The molecule has 0 rings (SSSR count). The van der Waals surface area contributed by atoms with E-state index in [1.54, 1.807) is 187 Å². The largest absolute Gasteiger partial charge is 0.469 e. The quantitative estimate of drug-likeness (QED) is 0.0401. The highest BCUT2D eigenvalue weighted by atomic mass is 16.6. The van der Waals surface area contributed by atoms with E-state index in [1.165, 1.54) is 7.11 Å². The van der Waals surface area contributed by atoms with Crippen molar-refractivity contribution in [3.05, 3.63) is 0 Å². The minimum atomic E-state index is -1.16. The van der Waals surface area contributed by atoms with Gasteiger partial charge in [0.25, 0.3) is 0 Å². The van der Waals surface area contributed by atoms with Crippen LogP contribution in [0, 0.1) is 65.0 Å². The van der Waals surface area contributed by atoms with Crippen LogP contribution in [0.3, 0.4) is 0 Å². The number of rotatable bonds is 36. The predicted octanol–water partition coefficient (Wildman–Crippen LogP) is 3.28. The Kier molecular flexibility index (Phi) is 29.9. The van der Waals surface area contributed by atoms with Crippen LogP contribution in [0.5, 0.6) is 0 Å². The highest BCUT2D eigenvalue weighted by Crippen LogP contribution is 2.26. The Morgan fingerprint density at radius 1 is 0.204 bits per heavy atom. The molecule has 0 aliphatic heterocycles. The zero-order valence-corrected chi connectivity index (χ0v) is 61.6. The fourth-order valence-electron chi connectivity index (χ4n) is 7.78. The Morgan fingerprint density at radius 2 is 0.323 bits per heavy atom. The van der Waals surface area contributed by atoms with Crippen molar-refractivity contribution in [1.82, 2.24) is 63.8 Å². The van der Waals surface area contributed by atoms with Gasteiger partial charge in [-0.3, -0.25) is 57.5 Å². The van der Waals surface area contributed by atoms with E-state index in [0.29, 0.717) is 0 Å². The molecule has 93 heavy (non-hydrogen) atoms. The lowest BCUT2D eigenvalue weighted by molar-refractivity contribution is -0.151. The summed E-state index contributed by atoms with van der Waals surface area (Å²) in [6.45, 7) is 43.7. The van der Waals surface area contributed by atoms with Crippen molar-refractivity contribution >= 4 is 77.0 Å². The van der Waals surface area contributed by atoms with E-state index in [4.69, 9.17) is 9.47 Å². The summed E-state index contributed by atoms with van der Waals surface area (Å²) in [5, 5.41) is 33.4. The molecule has 12 amide bonds. The smallest absolute Gasteiger partial charge is 0.407 e. The minimum Gasteiger partial charge on any atom is -0.469 e. The molecule has 0 spiro atoms. The summed E-state index contributed by atoms with van der Waals surface area (Å²) in [5.41, 5.74) is -13.9. The number of carbonyl (C=O) groups is 13. The fourth-order valence-corrected chi connectivity index (χ4v) is 7.78. The Morgan fingerprint density at radius 3 is 0.441 bits per heavy atom. The lowest BCUT2D eigenvalue weighted by Crippen LogP contribution is -2.54. The predicted molar refractivity (Wildman–Crippen MR) is 355 cm³/mol. The number of nitrogens with one attached hydrogen (secondary N) is 12. The molecule has 0 atom stereocenters. The fraction of sp³-hybridized carbons (Fsp3) is 0.803. The Balaban J connectivity index is 5.23. The van der Waals surface area contributed by atoms with Gasteiger partial charge in [-0.05, 0) is 187 Å². The first-order chi connectivity index (χ1) is 41.5. The first-order valence-electron chi connectivity index (χ1n) is 31.7. The number of hydrogen-bond donors (Lipinski definition) is 12. The molecule has 27 nitrogen and oxygen atoms in total. The number of amides is 12. The number of carbonyl (C=O) groups excluding carboxylic acids is 13. The van der Waals surface area contributed by atoms with Gasteiger partial charge >= 0.3 is 12.1 Å². The molecule has 0 radical (unpaired) electrons. The van der Waals surface area contributed by atoms with Gasteiger partial charge in [-0.1, -0.05) is 0 Å². The molecule has 0 aromatic carbocycles. The lowest BCUT2D eigenvalue weighted by atomic mass is 9.86. The average Bonchev–Trinajstić information content (AvgIpc) is 1.15. The summed E-state index contributed by atoms with van der Waals surface area (Å²) in [4.78, 5) is 171. The molecule has 0 aromatic heterocycles. The van der Waals surface area contributed by atoms with Crippen molar-refractivity contribution in [2.45, 2.75) is 193 Å². The zero-order chi connectivity index (χ0) is 73.4. The summed E-state index contributed by atoms with van der Waals surface area (Å²) in [7, 11) is 1.27. The Bertz CT molecular complexity index is 2730. The molecular formula is C66H120N12O15. The third-order valence-corrected chi connectivity index (χ3v) is 16.2.